The lowest BCUT2D eigenvalue weighted by molar-refractivity contribution is -0.581. The van der Waals surface area contributed by atoms with Crippen LogP contribution in [0.3, 0.4) is 0 Å². The molecule has 2 saturated heterocycles. The highest BCUT2D eigenvalue weighted by molar-refractivity contribution is 5.90. The van der Waals surface area contributed by atoms with Crippen molar-refractivity contribution in [1.29, 1.82) is 0 Å². The highest BCUT2D eigenvalue weighted by Crippen LogP contribution is 2.25. The van der Waals surface area contributed by atoms with E-state index in [2.05, 4.69) is 19.6 Å². The van der Waals surface area contributed by atoms with Crippen molar-refractivity contribution in [2.45, 2.75) is 18.4 Å². The number of hydrogen-bond donors (Lipinski definition) is 1. The summed E-state index contributed by atoms with van der Waals surface area (Å²) in [7, 11) is 0. The van der Waals surface area contributed by atoms with Crippen LogP contribution >= 0.6 is 0 Å². The van der Waals surface area contributed by atoms with Gasteiger partial charge in [0.15, 0.2) is 5.60 Å². The third-order valence-electron chi connectivity index (χ3n) is 1.78. The second-order valence-corrected chi connectivity index (χ2v) is 2.98. The van der Waals surface area contributed by atoms with E-state index in [0.29, 0.717) is 0 Å². The van der Waals surface area contributed by atoms with Crippen LogP contribution in [-0.4, -0.2) is 34.0 Å². The molecular weight excluding hydrogens is 214 g/mol. The Morgan fingerprint density at radius 3 is 2.53 bits per heavy atom. The summed E-state index contributed by atoms with van der Waals surface area (Å²) in [5.74, 6) is -3.26. The topological polar surface area (TPSA) is 112 Å². The van der Waals surface area contributed by atoms with E-state index in [1.165, 1.54) is 0 Å². The zero-order valence-electron chi connectivity index (χ0n) is 7.17. The number of aliphatic hydroxyl groups is 1. The van der Waals surface area contributed by atoms with Gasteiger partial charge in [-0.05, 0) is 4.99 Å². The summed E-state index contributed by atoms with van der Waals surface area (Å²) in [6, 6.07) is 0. The van der Waals surface area contributed by atoms with Crippen molar-refractivity contribution in [3.05, 3.63) is 0 Å². The Morgan fingerprint density at radius 1 is 1.13 bits per heavy atom. The van der Waals surface area contributed by atoms with Crippen LogP contribution in [0.1, 0.15) is 12.8 Å². The SMILES string of the molecule is O=C1CC2(O)CC(=O)ON(OO1)OC2=O. The van der Waals surface area contributed by atoms with Crippen LogP contribution in [0.4, 0.5) is 0 Å². The molecule has 0 aromatic rings. The van der Waals surface area contributed by atoms with E-state index in [4.69, 9.17) is 0 Å². The minimum atomic E-state index is -2.29. The van der Waals surface area contributed by atoms with Gasteiger partial charge in [0, 0.05) is 0 Å². The minimum Gasteiger partial charge on any atom is -0.377 e. The maximum atomic E-state index is 11.2. The second-order valence-electron chi connectivity index (χ2n) is 2.98. The fourth-order valence-corrected chi connectivity index (χ4v) is 1.10. The predicted octanol–water partition coefficient (Wildman–Crippen LogP) is -1.87. The van der Waals surface area contributed by atoms with Crippen LogP contribution in [0, 0.1) is 0 Å². The van der Waals surface area contributed by atoms with E-state index in [1.807, 2.05) is 0 Å². The predicted molar refractivity (Wildman–Crippen MR) is 35.4 cm³/mol. The highest BCUT2D eigenvalue weighted by atomic mass is 17.4. The first kappa shape index (κ1) is 9.83. The molecule has 0 saturated carbocycles. The Labute approximate surface area is 81.8 Å². The largest absolute Gasteiger partial charge is 0.377 e. The molecule has 0 aromatic heterocycles. The van der Waals surface area contributed by atoms with Crippen LogP contribution in [0.15, 0.2) is 0 Å². The molecule has 0 amide bonds. The zero-order valence-corrected chi connectivity index (χ0v) is 7.17. The van der Waals surface area contributed by atoms with Gasteiger partial charge < -0.3 is 14.8 Å². The molecule has 0 radical (unpaired) electrons. The maximum Gasteiger partial charge on any atom is 0.364 e. The number of fused-ring (bicyclic) bond motifs is 3. The molecule has 2 bridgehead atoms. The summed E-state index contributed by atoms with van der Waals surface area (Å²) in [5, 5.41) is 9.57. The fraction of sp³-hybridized carbons (Fsp3) is 0.500. The maximum absolute atomic E-state index is 11.2. The first-order chi connectivity index (χ1) is 6.99. The second kappa shape index (κ2) is 3.15. The lowest BCUT2D eigenvalue weighted by Crippen LogP contribution is -2.45. The molecular formula is C6H5NO8. The van der Waals surface area contributed by atoms with E-state index >= 15 is 0 Å². The van der Waals surface area contributed by atoms with Crippen molar-refractivity contribution in [1.82, 2.24) is 5.39 Å². The van der Waals surface area contributed by atoms with Crippen LogP contribution < -0.4 is 0 Å². The molecule has 9 nitrogen and oxygen atoms in total. The number of carbonyl (C=O) groups is 3. The molecule has 2 aliphatic rings. The molecule has 82 valence electrons. The van der Waals surface area contributed by atoms with Gasteiger partial charge in [0.1, 0.15) is 0 Å². The number of rotatable bonds is 0. The average Bonchev–Trinajstić information content (AvgIpc) is 2.16. The van der Waals surface area contributed by atoms with Gasteiger partial charge in [0.2, 0.25) is 5.39 Å². The summed E-state index contributed by atoms with van der Waals surface area (Å²) in [6.07, 6.45) is -1.48. The molecule has 0 aromatic carbocycles. The van der Waals surface area contributed by atoms with Gasteiger partial charge in [0.25, 0.3) is 0 Å². The first-order valence-electron chi connectivity index (χ1n) is 3.83. The van der Waals surface area contributed by atoms with Gasteiger partial charge in [-0.25, -0.2) is 14.4 Å². The van der Waals surface area contributed by atoms with E-state index < -0.39 is 36.4 Å². The van der Waals surface area contributed by atoms with Crippen molar-refractivity contribution in [2.24, 2.45) is 0 Å². The van der Waals surface area contributed by atoms with E-state index in [-0.39, 0.29) is 5.39 Å². The van der Waals surface area contributed by atoms with Gasteiger partial charge in [-0.2, -0.15) is 0 Å². The molecule has 1 N–H and O–H groups in total. The minimum absolute atomic E-state index is 0.0836. The third kappa shape index (κ3) is 1.75. The Balaban J connectivity index is 2.35. The van der Waals surface area contributed by atoms with Crippen molar-refractivity contribution >= 4 is 17.9 Å². The number of carbonyl (C=O) groups excluding carboxylic acids is 3. The average molecular weight is 219 g/mol. The van der Waals surface area contributed by atoms with Crippen molar-refractivity contribution < 1.29 is 39.0 Å². The molecule has 2 fully saturated rings. The zero-order chi connectivity index (χ0) is 11.1. The quantitative estimate of drug-likeness (QED) is 0.468. The van der Waals surface area contributed by atoms with Crippen molar-refractivity contribution in [3.63, 3.8) is 0 Å². The van der Waals surface area contributed by atoms with E-state index in [0.717, 1.165) is 0 Å². The van der Waals surface area contributed by atoms with E-state index in [1.54, 1.807) is 0 Å². The Morgan fingerprint density at radius 2 is 1.80 bits per heavy atom. The Bertz CT molecular complexity index is 336. The lowest BCUT2D eigenvalue weighted by Gasteiger charge is -2.22. The van der Waals surface area contributed by atoms with Gasteiger partial charge >= 0.3 is 17.9 Å². The van der Waals surface area contributed by atoms with E-state index in [9.17, 15) is 19.5 Å². The summed E-state index contributed by atoms with van der Waals surface area (Å²) in [5.41, 5.74) is -2.29. The van der Waals surface area contributed by atoms with Crippen LogP contribution in [-0.2, 0) is 33.9 Å². The monoisotopic (exact) mass is 219 g/mol. The van der Waals surface area contributed by atoms with Crippen molar-refractivity contribution in [2.75, 3.05) is 0 Å². The van der Waals surface area contributed by atoms with Crippen LogP contribution in [0.2, 0.25) is 0 Å². The normalized spacial score (nSPS) is 35.8. The third-order valence-corrected chi connectivity index (χ3v) is 1.78. The molecule has 0 aliphatic carbocycles. The summed E-state index contributed by atoms with van der Waals surface area (Å²) < 4.78 is 0. The van der Waals surface area contributed by atoms with Gasteiger partial charge in [0.05, 0.1) is 12.8 Å². The molecule has 2 heterocycles. The summed E-state index contributed by atoms with van der Waals surface area (Å²) in [4.78, 5) is 49.7. The number of nitrogens with zero attached hydrogens (tertiary/aromatic N) is 1. The lowest BCUT2D eigenvalue weighted by atomic mass is 9.96. The summed E-state index contributed by atoms with van der Waals surface area (Å²) in [6.45, 7) is 0. The van der Waals surface area contributed by atoms with Gasteiger partial charge in [-0.1, -0.05) is 0 Å². The van der Waals surface area contributed by atoms with Crippen LogP contribution in [0.5, 0.6) is 0 Å². The fourth-order valence-electron chi connectivity index (χ4n) is 1.10. The number of hydrogen-bond acceptors (Lipinski definition) is 9. The highest BCUT2D eigenvalue weighted by Gasteiger charge is 2.50. The van der Waals surface area contributed by atoms with Gasteiger partial charge in [-0.15, -0.1) is 0 Å². The molecule has 2 rings (SSSR count). The van der Waals surface area contributed by atoms with Gasteiger partial charge in [-0.3, -0.25) is 4.89 Å². The Hall–Kier alpha value is -1.71. The smallest absolute Gasteiger partial charge is 0.364 e. The molecule has 9 heteroatoms. The summed E-state index contributed by atoms with van der Waals surface area (Å²) >= 11 is 0. The standard InChI is InChI=1S/C6H5NO8/c8-3-1-6(11)2-4(9)14-15-7(12-3)13-5(6)10/h11H,1-2H2. The first-order valence-corrected chi connectivity index (χ1v) is 3.83. The van der Waals surface area contributed by atoms with Crippen molar-refractivity contribution in [3.8, 4) is 0 Å². The molecule has 2 unspecified atom stereocenters. The molecule has 2 atom stereocenters. The molecule has 2 aliphatic heterocycles. The van der Waals surface area contributed by atoms with Crippen LogP contribution in [0.25, 0.3) is 0 Å². The Kier molecular flexibility index (Phi) is 2.07. The molecule has 15 heavy (non-hydrogen) atoms. The molecule has 0 spiro atoms.